The van der Waals surface area contributed by atoms with E-state index in [0.29, 0.717) is 17.5 Å². The van der Waals surface area contributed by atoms with Crippen LogP contribution in [0.4, 0.5) is 0 Å². The third-order valence-corrected chi connectivity index (χ3v) is 4.99. The highest BCUT2D eigenvalue weighted by Gasteiger charge is 2.19. The molecule has 0 spiro atoms. The molecule has 1 fully saturated rings. The van der Waals surface area contributed by atoms with E-state index in [1.807, 2.05) is 19.1 Å². The number of rotatable bonds is 9. The van der Waals surface area contributed by atoms with Crippen molar-refractivity contribution in [3.8, 4) is 11.5 Å². The van der Waals surface area contributed by atoms with Gasteiger partial charge in [0.05, 0.1) is 26.9 Å². The number of methoxy groups -OCH3 is 2. The van der Waals surface area contributed by atoms with E-state index in [0.717, 1.165) is 44.0 Å². The minimum atomic E-state index is -0.731. The summed E-state index contributed by atoms with van der Waals surface area (Å²) in [5.41, 5.74) is 0.726. The van der Waals surface area contributed by atoms with E-state index >= 15 is 0 Å². The number of nitrogens with zero attached hydrogens (tertiary/aromatic N) is 2. The third-order valence-electron chi connectivity index (χ3n) is 4.99. The summed E-state index contributed by atoms with van der Waals surface area (Å²) in [6, 6.07) is 5.83. The largest absolute Gasteiger partial charge is 0.497 e. The fourth-order valence-corrected chi connectivity index (χ4v) is 3.44. The number of aliphatic hydroxyl groups excluding tert-OH is 1. The van der Waals surface area contributed by atoms with E-state index in [1.54, 1.807) is 20.3 Å². The van der Waals surface area contributed by atoms with Gasteiger partial charge in [0, 0.05) is 31.7 Å². The maximum Gasteiger partial charge on any atom is 0.191 e. The molecule has 1 atom stereocenters. The van der Waals surface area contributed by atoms with E-state index in [1.165, 1.54) is 13.0 Å². The van der Waals surface area contributed by atoms with Crippen molar-refractivity contribution in [1.29, 1.82) is 0 Å². The van der Waals surface area contributed by atoms with Crippen LogP contribution in [0.1, 0.15) is 44.8 Å². The summed E-state index contributed by atoms with van der Waals surface area (Å²) >= 11 is 0. The van der Waals surface area contributed by atoms with Gasteiger partial charge in [0.1, 0.15) is 11.5 Å². The zero-order valence-corrected chi connectivity index (χ0v) is 17.7. The van der Waals surface area contributed by atoms with Crippen LogP contribution in [-0.2, 0) is 0 Å². The average molecular weight is 393 g/mol. The first kappa shape index (κ1) is 22.3. The smallest absolute Gasteiger partial charge is 0.191 e. The molecule has 7 heteroatoms. The number of aliphatic imine (C=N–C) groups is 1. The highest BCUT2D eigenvalue weighted by molar-refractivity contribution is 5.80. The number of hydrogen-bond donors (Lipinski definition) is 3. The van der Waals surface area contributed by atoms with Crippen LogP contribution in [-0.4, -0.2) is 69.0 Å². The number of nitrogens with one attached hydrogen (secondary N) is 2. The van der Waals surface area contributed by atoms with Gasteiger partial charge in [0.2, 0.25) is 0 Å². The first-order valence-corrected chi connectivity index (χ1v) is 10.3. The Labute approximate surface area is 169 Å². The molecule has 1 heterocycles. The number of ether oxygens (including phenoxy) is 2. The van der Waals surface area contributed by atoms with Gasteiger partial charge in [-0.15, -0.1) is 0 Å². The SMILES string of the molecule is CCCN1CCC(NC(=NCC(O)c2cc(OC)cc(OC)c2)NCC)CC1. The maximum atomic E-state index is 10.6. The number of piperidine rings is 1. The van der Waals surface area contributed by atoms with Crippen molar-refractivity contribution >= 4 is 5.96 Å². The number of guanidine groups is 1. The fourth-order valence-electron chi connectivity index (χ4n) is 3.44. The van der Waals surface area contributed by atoms with Gasteiger partial charge in [-0.1, -0.05) is 6.92 Å². The van der Waals surface area contributed by atoms with Crippen molar-refractivity contribution in [2.45, 2.75) is 45.3 Å². The monoisotopic (exact) mass is 392 g/mol. The normalized spacial score (nSPS) is 17.2. The van der Waals surface area contributed by atoms with Crippen LogP contribution in [0.15, 0.2) is 23.2 Å². The minimum absolute atomic E-state index is 0.264. The molecule has 7 nitrogen and oxygen atoms in total. The Balaban J connectivity index is 1.96. The minimum Gasteiger partial charge on any atom is -0.497 e. The molecule has 1 aromatic carbocycles. The topological polar surface area (TPSA) is 78.4 Å². The molecule has 1 unspecified atom stereocenters. The second-order valence-electron chi connectivity index (χ2n) is 7.14. The van der Waals surface area contributed by atoms with Crippen LogP contribution in [0.5, 0.6) is 11.5 Å². The lowest BCUT2D eigenvalue weighted by atomic mass is 10.1. The second kappa shape index (κ2) is 11.8. The fraction of sp³-hybridized carbons (Fsp3) is 0.667. The summed E-state index contributed by atoms with van der Waals surface area (Å²) in [5.74, 6) is 2.06. The molecule has 1 aliphatic rings. The summed E-state index contributed by atoms with van der Waals surface area (Å²) in [7, 11) is 3.20. The van der Waals surface area contributed by atoms with Gasteiger partial charge in [-0.2, -0.15) is 0 Å². The highest BCUT2D eigenvalue weighted by atomic mass is 16.5. The van der Waals surface area contributed by atoms with Crippen molar-refractivity contribution in [3.05, 3.63) is 23.8 Å². The Kier molecular flexibility index (Phi) is 9.37. The molecule has 158 valence electrons. The Bertz CT molecular complexity index is 593. The first-order valence-electron chi connectivity index (χ1n) is 10.3. The first-order chi connectivity index (χ1) is 13.6. The van der Waals surface area contributed by atoms with Crippen molar-refractivity contribution in [1.82, 2.24) is 15.5 Å². The molecular weight excluding hydrogens is 356 g/mol. The standard InChI is InChI=1S/C21H36N4O3/c1-5-9-25-10-7-17(8-11-25)24-21(22-6-2)23-15-20(26)16-12-18(27-3)14-19(13-16)28-4/h12-14,17,20,26H,5-11,15H2,1-4H3,(H2,22,23,24). The van der Waals surface area contributed by atoms with E-state index in [4.69, 9.17) is 9.47 Å². The molecule has 1 aromatic rings. The molecule has 0 saturated carbocycles. The number of benzene rings is 1. The van der Waals surface area contributed by atoms with E-state index < -0.39 is 6.10 Å². The molecule has 28 heavy (non-hydrogen) atoms. The molecule has 0 bridgehead atoms. The third kappa shape index (κ3) is 6.87. The summed E-state index contributed by atoms with van der Waals surface area (Å²) in [6.45, 7) is 8.74. The molecule has 0 amide bonds. The lowest BCUT2D eigenvalue weighted by Crippen LogP contribution is -2.48. The van der Waals surface area contributed by atoms with Crippen molar-refractivity contribution in [2.24, 2.45) is 4.99 Å². The van der Waals surface area contributed by atoms with Crippen LogP contribution in [0.2, 0.25) is 0 Å². The summed E-state index contributed by atoms with van der Waals surface area (Å²) < 4.78 is 10.6. The Morgan fingerprint density at radius 3 is 2.36 bits per heavy atom. The lowest BCUT2D eigenvalue weighted by Gasteiger charge is -2.32. The summed E-state index contributed by atoms with van der Waals surface area (Å²) in [5, 5.41) is 17.4. The van der Waals surface area contributed by atoms with Crippen LogP contribution in [0.25, 0.3) is 0 Å². The highest BCUT2D eigenvalue weighted by Crippen LogP contribution is 2.26. The predicted molar refractivity (Wildman–Crippen MR) is 113 cm³/mol. The number of likely N-dealkylation sites (tertiary alicyclic amines) is 1. The van der Waals surface area contributed by atoms with Gasteiger partial charge in [-0.3, -0.25) is 4.99 Å². The van der Waals surface area contributed by atoms with E-state index in [9.17, 15) is 5.11 Å². The Morgan fingerprint density at radius 1 is 1.18 bits per heavy atom. The Morgan fingerprint density at radius 2 is 1.82 bits per heavy atom. The van der Waals surface area contributed by atoms with Crippen LogP contribution in [0.3, 0.4) is 0 Å². The number of aliphatic hydroxyl groups is 1. The van der Waals surface area contributed by atoms with Gasteiger partial charge < -0.3 is 30.1 Å². The van der Waals surface area contributed by atoms with Crippen molar-refractivity contribution in [3.63, 3.8) is 0 Å². The molecule has 3 N–H and O–H groups in total. The van der Waals surface area contributed by atoms with Gasteiger partial charge in [0.15, 0.2) is 5.96 Å². The molecular formula is C21H36N4O3. The second-order valence-corrected chi connectivity index (χ2v) is 7.14. The zero-order valence-electron chi connectivity index (χ0n) is 17.7. The van der Waals surface area contributed by atoms with E-state index in [2.05, 4.69) is 27.4 Å². The van der Waals surface area contributed by atoms with Gasteiger partial charge in [0.25, 0.3) is 0 Å². The summed E-state index contributed by atoms with van der Waals surface area (Å²) in [6.07, 6.45) is 2.70. The number of hydrogen-bond acceptors (Lipinski definition) is 5. The molecule has 0 radical (unpaired) electrons. The molecule has 1 aliphatic heterocycles. The van der Waals surface area contributed by atoms with Gasteiger partial charge in [-0.05, 0) is 50.4 Å². The van der Waals surface area contributed by atoms with Gasteiger partial charge in [-0.25, -0.2) is 0 Å². The predicted octanol–water partition coefficient (Wildman–Crippen LogP) is 2.17. The van der Waals surface area contributed by atoms with Crippen LogP contribution < -0.4 is 20.1 Å². The van der Waals surface area contributed by atoms with E-state index in [-0.39, 0.29) is 6.54 Å². The quantitative estimate of drug-likeness (QED) is 0.442. The summed E-state index contributed by atoms with van der Waals surface area (Å²) in [4.78, 5) is 7.12. The van der Waals surface area contributed by atoms with Crippen LogP contribution in [0, 0.1) is 0 Å². The molecule has 0 aliphatic carbocycles. The Hall–Kier alpha value is -1.99. The van der Waals surface area contributed by atoms with Crippen molar-refractivity contribution < 1.29 is 14.6 Å². The van der Waals surface area contributed by atoms with Crippen molar-refractivity contribution in [2.75, 3.05) is 46.9 Å². The lowest BCUT2D eigenvalue weighted by molar-refractivity contribution is 0.185. The molecule has 1 saturated heterocycles. The molecule has 0 aromatic heterocycles. The average Bonchev–Trinajstić information content (AvgIpc) is 2.73. The zero-order chi connectivity index (χ0) is 20.4. The van der Waals surface area contributed by atoms with Crippen LogP contribution >= 0.6 is 0 Å². The maximum absolute atomic E-state index is 10.6. The molecule has 2 rings (SSSR count). The van der Waals surface area contributed by atoms with Gasteiger partial charge >= 0.3 is 0 Å².